The fourth-order valence-corrected chi connectivity index (χ4v) is 3.68. The van der Waals surface area contributed by atoms with Crippen LogP contribution in [0, 0.1) is 0 Å². The van der Waals surface area contributed by atoms with E-state index in [-0.39, 0.29) is 18.3 Å². The third kappa shape index (κ3) is 3.68. The molecule has 0 saturated heterocycles. The first-order valence-electron chi connectivity index (χ1n) is 6.89. The summed E-state index contributed by atoms with van der Waals surface area (Å²) in [6, 6.07) is 7.93. The van der Waals surface area contributed by atoms with Gasteiger partial charge in [0.1, 0.15) is 0 Å². The minimum absolute atomic E-state index is 0. The van der Waals surface area contributed by atoms with Crippen LogP contribution in [-0.4, -0.2) is 16.4 Å². The standard InChI is InChI=1S/C15H16BrN3OS.ClH/c16-11-5-3-4-10(8-11)12-9-21-14(18-12)19-13(20)15(17)6-1-2-7-15;/h3-5,8-9H,1-2,6-7,17H2,(H,18,19,20);1H. The maximum Gasteiger partial charge on any atom is 0.246 e. The molecule has 4 nitrogen and oxygen atoms in total. The molecule has 1 aliphatic rings. The number of carbonyl (C=O) groups excluding carboxylic acids is 1. The molecule has 0 atom stereocenters. The zero-order valence-electron chi connectivity index (χ0n) is 11.8. The van der Waals surface area contributed by atoms with Crippen LogP contribution in [0.25, 0.3) is 11.3 Å². The highest BCUT2D eigenvalue weighted by atomic mass is 79.9. The van der Waals surface area contributed by atoms with Crippen molar-refractivity contribution in [1.82, 2.24) is 4.98 Å². The van der Waals surface area contributed by atoms with Crippen molar-refractivity contribution in [2.24, 2.45) is 5.73 Å². The van der Waals surface area contributed by atoms with Gasteiger partial charge in [0, 0.05) is 15.4 Å². The van der Waals surface area contributed by atoms with Crippen molar-refractivity contribution in [2.75, 3.05) is 5.32 Å². The van der Waals surface area contributed by atoms with Crippen molar-refractivity contribution in [1.29, 1.82) is 0 Å². The van der Waals surface area contributed by atoms with Gasteiger partial charge in [-0.05, 0) is 25.0 Å². The predicted octanol–water partition coefficient (Wildman–Crippen LogP) is 4.20. The number of rotatable bonds is 3. The molecule has 0 radical (unpaired) electrons. The Balaban J connectivity index is 0.00000176. The molecule has 118 valence electrons. The Morgan fingerprint density at radius 1 is 1.36 bits per heavy atom. The average molecular weight is 403 g/mol. The molecule has 3 rings (SSSR count). The number of amides is 1. The number of carbonyl (C=O) groups is 1. The fourth-order valence-electron chi connectivity index (χ4n) is 2.57. The molecule has 1 aromatic carbocycles. The maximum atomic E-state index is 12.3. The SMILES string of the molecule is Cl.NC1(C(=O)Nc2nc(-c3cccc(Br)c3)cs2)CCCC1. The number of benzene rings is 1. The molecule has 1 aromatic heterocycles. The van der Waals surface area contributed by atoms with Crippen LogP contribution in [0.3, 0.4) is 0 Å². The monoisotopic (exact) mass is 401 g/mol. The van der Waals surface area contributed by atoms with Crippen LogP contribution in [-0.2, 0) is 4.79 Å². The van der Waals surface area contributed by atoms with Crippen LogP contribution >= 0.6 is 39.7 Å². The zero-order chi connectivity index (χ0) is 14.9. The Morgan fingerprint density at radius 2 is 2.09 bits per heavy atom. The molecule has 3 N–H and O–H groups in total. The first-order valence-corrected chi connectivity index (χ1v) is 8.56. The topological polar surface area (TPSA) is 68.0 Å². The molecule has 0 spiro atoms. The first kappa shape index (κ1) is 17.4. The lowest BCUT2D eigenvalue weighted by molar-refractivity contribution is -0.121. The van der Waals surface area contributed by atoms with Gasteiger partial charge >= 0.3 is 0 Å². The van der Waals surface area contributed by atoms with Gasteiger partial charge in [0.2, 0.25) is 5.91 Å². The molecule has 2 aromatic rings. The minimum Gasteiger partial charge on any atom is -0.317 e. The summed E-state index contributed by atoms with van der Waals surface area (Å²) in [5.74, 6) is -0.116. The number of hydrogen-bond acceptors (Lipinski definition) is 4. The van der Waals surface area contributed by atoms with E-state index in [1.165, 1.54) is 11.3 Å². The molecule has 1 fully saturated rings. The van der Waals surface area contributed by atoms with E-state index in [1.54, 1.807) is 0 Å². The van der Waals surface area contributed by atoms with Crippen molar-refractivity contribution in [2.45, 2.75) is 31.2 Å². The summed E-state index contributed by atoms with van der Waals surface area (Å²) in [5.41, 5.74) is 7.30. The van der Waals surface area contributed by atoms with Gasteiger partial charge in [-0.3, -0.25) is 4.79 Å². The molecule has 7 heteroatoms. The second-order valence-corrected chi connectivity index (χ2v) is 7.14. The first-order chi connectivity index (χ1) is 10.1. The predicted molar refractivity (Wildman–Crippen MR) is 96.5 cm³/mol. The molecule has 0 bridgehead atoms. The number of nitrogens with zero attached hydrogens (tertiary/aromatic N) is 1. The van der Waals surface area contributed by atoms with Crippen molar-refractivity contribution >= 4 is 50.7 Å². The minimum atomic E-state index is -0.721. The molecular weight excluding hydrogens is 386 g/mol. The molecule has 0 unspecified atom stereocenters. The highest BCUT2D eigenvalue weighted by Crippen LogP contribution is 2.30. The number of thiazole rings is 1. The Hall–Kier alpha value is -0.950. The van der Waals surface area contributed by atoms with E-state index in [9.17, 15) is 4.79 Å². The van der Waals surface area contributed by atoms with Gasteiger partial charge in [0.05, 0.1) is 11.2 Å². The van der Waals surface area contributed by atoms with Gasteiger partial charge in [-0.2, -0.15) is 0 Å². The molecule has 0 aliphatic heterocycles. The lowest BCUT2D eigenvalue weighted by atomic mass is 9.98. The molecule has 1 amide bonds. The highest BCUT2D eigenvalue weighted by molar-refractivity contribution is 9.10. The number of halogens is 2. The third-order valence-corrected chi connectivity index (χ3v) is 5.04. The van der Waals surface area contributed by atoms with Crippen LogP contribution in [0.5, 0.6) is 0 Å². The summed E-state index contributed by atoms with van der Waals surface area (Å²) < 4.78 is 1.01. The van der Waals surface area contributed by atoms with Gasteiger partial charge < -0.3 is 11.1 Å². The quantitative estimate of drug-likeness (QED) is 0.808. The van der Waals surface area contributed by atoms with Gasteiger partial charge in [-0.1, -0.05) is 40.9 Å². The smallest absolute Gasteiger partial charge is 0.246 e. The summed E-state index contributed by atoms with van der Waals surface area (Å²) in [7, 11) is 0. The van der Waals surface area contributed by atoms with E-state index in [2.05, 4.69) is 26.2 Å². The molecule has 1 heterocycles. The summed E-state index contributed by atoms with van der Waals surface area (Å²) in [4.78, 5) is 16.7. The number of nitrogens with two attached hydrogens (primary N) is 1. The largest absolute Gasteiger partial charge is 0.317 e. The average Bonchev–Trinajstić information content (AvgIpc) is 3.09. The second-order valence-electron chi connectivity index (χ2n) is 5.37. The number of hydrogen-bond donors (Lipinski definition) is 2. The molecule has 1 saturated carbocycles. The number of nitrogens with one attached hydrogen (secondary N) is 1. The van der Waals surface area contributed by atoms with Crippen LogP contribution in [0.1, 0.15) is 25.7 Å². The lowest BCUT2D eigenvalue weighted by Gasteiger charge is -2.21. The van der Waals surface area contributed by atoms with E-state index in [1.807, 2.05) is 29.6 Å². The van der Waals surface area contributed by atoms with Crippen molar-refractivity contribution in [3.63, 3.8) is 0 Å². The van der Waals surface area contributed by atoms with Crippen molar-refractivity contribution in [3.8, 4) is 11.3 Å². The van der Waals surface area contributed by atoms with Crippen molar-refractivity contribution in [3.05, 3.63) is 34.1 Å². The Morgan fingerprint density at radius 3 is 2.77 bits per heavy atom. The Kier molecular flexibility index (Phi) is 5.60. The fraction of sp³-hybridized carbons (Fsp3) is 0.333. The van der Waals surface area contributed by atoms with Gasteiger partial charge in [0.15, 0.2) is 5.13 Å². The maximum absolute atomic E-state index is 12.3. The zero-order valence-corrected chi connectivity index (χ0v) is 15.1. The van der Waals surface area contributed by atoms with Crippen LogP contribution in [0.15, 0.2) is 34.1 Å². The van der Waals surface area contributed by atoms with Crippen molar-refractivity contribution < 1.29 is 4.79 Å². The lowest BCUT2D eigenvalue weighted by Crippen LogP contribution is -2.48. The Labute approximate surface area is 148 Å². The van der Waals surface area contributed by atoms with Crippen LogP contribution in [0.4, 0.5) is 5.13 Å². The van der Waals surface area contributed by atoms with Crippen LogP contribution < -0.4 is 11.1 Å². The van der Waals surface area contributed by atoms with Gasteiger partial charge in [-0.15, -0.1) is 23.7 Å². The summed E-state index contributed by atoms with van der Waals surface area (Å²) >= 11 is 4.87. The molecule has 1 aliphatic carbocycles. The van der Waals surface area contributed by atoms with E-state index in [4.69, 9.17) is 5.73 Å². The Bertz CT molecular complexity index is 670. The van der Waals surface area contributed by atoms with Gasteiger partial charge in [-0.25, -0.2) is 4.98 Å². The second kappa shape index (κ2) is 7.08. The third-order valence-electron chi connectivity index (χ3n) is 3.79. The molecular formula is C15H17BrClN3OS. The normalized spacial score (nSPS) is 16.1. The summed E-state index contributed by atoms with van der Waals surface area (Å²) in [5, 5.41) is 5.40. The summed E-state index contributed by atoms with van der Waals surface area (Å²) in [6.07, 6.45) is 3.54. The summed E-state index contributed by atoms with van der Waals surface area (Å²) in [6.45, 7) is 0. The highest BCUT2D eigenvalue weighted by Gasteiger charge is 2.37. The van der Waals surface area contributed by atoms with E-state index >= 15 is 0 Å². The number of aromatic nitrogens is 1. The molecule has 22 heavy (non-hydrogen) atoms. The van der Waals surface area contributed by atoms with Gasteiger partial charge in [0.25, 0.3) is 0 Å². The van der Waals surface area contributed by atoms with Crippen LogP contribution in [0.2, 0.25) is 0 Å². The van der Waals surface area contributed by atoms with E-state index < -0.39 is 5.54 Å². The van der Waals surface area contributed by atoms with E-state index in [0.29, 0.717) is 5.13 Å². The number of anilines is 1. The van der Waals surface area contributed by atoms with E-state index in [0.717, 1.165) is 41.4 Å².